The van der Waals surface area contributed by atoms with E-state index in [9.17, 15) is 22.8 Å². The number of nitrogens with zero attached hydrogens (tertiary/aromatic N) is 2. The number of benzene rings is 1. The molecule has 28 heavy (non-hydrogen) atoms. The molecule has 0 aliphatic heterocycles. The second kappa shape index (κ2) is 7.55. The van der Waals surface area contributed by atoms with Gasteiger partial charge in [-0.05, 0) is 30.3 Å². The number of hydrogen-bond acceptors (Lipinski definition) is 3. The molecule has 0 unspecified atom stereocenters. The summed E-state index contributed by atoms with van der Waals surface area (Å²) in [5.74, 6) is -1.27. The molecule has 0 fully saturated rings. The summed E-state index contributed by atoms with van der Waals surface area (Å²) in [5, 5.41) is 4.97. The van der Waals surface area contributed by atoms with Crippen molar-refractivity contribution in [3.8, 4) is 0 Å². The van der Waals surface area contributed by atoms with E-state index < -0.39 is 23.6 Å². The van der Waals surface area contributed by atoms with Crippen LogP contribution in [-0.4, -0.2) is 27.7 Å². The van der Waals surface area contributed by atoms with E-state index in [-0.39, 0.29) is 23.8 Å². The molecular formula is C19H15F3N4O2. The number of aromatic nitrogens is 2. The first kappa shape index (κ1) is 19.2. The van der Waals surface area contributed by atoms with Crippen molar-refractivity contribution < 1.29 is 22.8 Å². The maximum atomic E-state index is 12.9. The van der Waals surface area contributed by atoms with Crippen LogP contribution in [0.5, 0.6) is 0 Å². The molecule has 3 aromatic rings. The van der Waals surface area contributed by atoms with Crippen LogP contribution < -0.4 is 10.6 Å². The van der Waals surface area contributed by atoms with E-state index in [1.807, 2.05) is 0 Å². The zero-order valence-electron chi connectivity index (χ0n) is 14.5. The summed E-state index contributed by atoms with van der Waals surface area (Å²) >= 11 is 0. The molecule has 9 heteroatoms. The van der Waals surface area contributed by atoms with Gasteiger partial charge in [0, 0.05) is 18.4 Å². The fourth-order valence-corrected chi connectivity index (χ4v) is 2.57. The first-order valence-electron chi connectivity index (χ1n) is 8.16. The number of anilines is 1. The smallest absolute Gasteiger partial charge is 0.346 e. The first-order valence-corrected chi connectivity index (χ1v) is 8.16. The van der Waals surface area contributed by atoms with Gasteiger partial charge in [0.2, 0.25) is 5.82 Å². The second-order valence-electron chi connectivity index (χ2n) is 5.77. The van der Waals surface area contributed by atoms with Gasteiger partial charge >= 0.3 is 6.18 Å². The Labute approximate surface area is 157 Å². The lowest BCUT2D eigenvalue weighted by Crippen LogP contribution is -2.25. The van der Waals surface area contributed by atoms with Crippen molar-refractivity contribution in [2.45, 2.75) is 6.18 Å². The summed E-state index contributed by atoms with van der Waals surface area (Å²) < 4.78 is 40.0. The third kappa shape index (κ3) is 3.88. The maximum Gasteiger partial charge on any atom is 0.416 e. The summed E-state index contributed by atoms with van der Waals surface area (Å²) in [4.78, 5) is 29.0. The van der Waals surface area contributed by atoms with Crippen LogP contribution in [0, 0.1) is 0 Å². The number of alkyl halides is 3. The molecule has 2 N–H and O–H groups in total. The molecule has 0 aliphatic rings. The van der Waals surface area contributed by atoms with Crippen LogP contribution in [0.25, 0.3) is 5.52 Å². The van der Waals surface area contributed by atoms with Crippen molar-refractivity contribution in [1.29, 1.82) is 0 Å². The Bertz CT molecular complexity index is 1060. The largest absolute Gasteiger partial charge is 0.416 e. The van der Waals surface area contributed by atoms with Crippen molar-refractivity contribution in [3.63, 3.8) is 0 Å². The summed E-state index contributed by atoms with van der Waals surface area (Å²) in [7, 11) is 0. The van der Waals surface area contributed by atoms with E-state index in [0.29, 0.717) is 5.52 Å². The van der Waals surface area contributed by atoms with Crippen LogP contribution in [0.4, 0.5) is 18.9 Å². The van der Waals surface area contributed by atoms with Gasteiger partial charge in [0.1, 0.15) is 0 Å². The highest BCUT2D eigenvalue weighted by Gasteiger charge is 2.30. The van der Waals surface area contributed by atoms with Gasteiger partial charge in [-0.1, -0.05) is 18.2 Å². The van der Waals surface area contributed by atoms with Crippen LogP contribution in [-0.2, 0) is 6.18 Å². The Morgan fingerprint density at radius 1 is 1.14 bits per heavy atom. The van der Waals surface area contributed by atoms with E-state index in [1.54, 1.807) is 24.4 Å². The Kier molecular flexibility index (Phi) is 5.16. The number of nitrogens with one attached hydrogen (secondary N) is 2. The second-order valence-corrected chi connectivity index (χ2v) is 5.77. The normalized spacial score (nSPS) is 11.2. The van der Waals surface area contributed by atoms with Gasteiger partial charge in [-0.25, -0.2) is 4.98 Å². The van der Waals surface area contributed by atoms with Crippen LogP contribution in [0.3, 0.4) is 0 Å². The third-order valence-corrected chi connectivity index (χ3v) is 3.82. The van der Waals surface area contributed by atoms with Crippen molar-refractivity contribution in [3.05, 3.63) is 78.4 Å². The molecule has 0 spiro atoms. The Balaban J connectivity index is 1.94. The highest BCUT2D eigenvalue weighted by atomic mass is 19.4. The number of pyridine rings is 1. The summed E-state index contributed by atoms with van der Waals surface area (Å²) in [5.41, 5.74) is -0.656. The quantitative estimate of drug-likeness (QED) is 0.657. The number of halogens is 3. The predicted molar refractivity (Wildman–Crippen MR) is 97.1 cm³/mol. The lowest BCUT2D eigenvalue weighted by molar-refractivity contribution is -0.137. The highest BCUT2D eigenvalue weighted by Crippen LogP contribution is 2.30. The summed E-state index contributed by atoms with van der Waals surface area (Å²) in [6.07, 6.45) is -1.47. The van der Waals surface area contributed by atoms with Crippen molar-refractivity contribution >= 4 is 23.0 Å². The van der Waals surface area contributed by atoms with E-state index in [1.165, 1.54) is 22.6 Å². The zero-order valence-corrected chi connectivity index (χ0v) is 14.5. The van der Waals surface area contributed by atoms with Crippen molar-refractivity contribution in [2.75, 3.05) is 11.9 Å². The average Bonchev–Trinajstić information content (AvgIpc) is 3.05. The Hall–Kier alpha value is -3.62. The minimum atomic E-state index is -4.53. The van der Waals surface area contributed by atoms with Gasteiger partial charge in [-0.15, -0.1) is 6.58 Å². The lowest BCUT2D eigenvalue weighted by atomic mass is 10.2. The fourth-order valence-electron chi connectivity index (χ4n) is 2.57. The number of hydrogen-bond donors (Lipinski definition) is 2. The van der Waals surface area contributed by atoms with Gasteiger partial charge in [-0.3, -0.25) is 14.0 Å². The first-order chi connectivity index (χ1) is 13.3. The molecule has 0 radical (unpaired) electrons. The minimum absolute atomic E-state index is 0.0216. The molecule has 0 saturated heterocycles. The number of carbonyl (C=O) groups excluding carboxylic acids is 2. The van der Waals surface area contributed by atoms with Gasteiger partial charge in [0.05, 0.1) is 11.1 Å². The number of rotatable bonds is 5. The van der Waals surface area contributed by atoms with Gasteiger partial charge in [-0.2, -0.15) is 13.2 Å². The molecule has 6 nitrogen and oxygen atoms in total. The van der Waals surface area contributed by atoms with Crippen LogP contribution in [0.1, 0.15) is 26.7 Å². The molecule has 3 rings (SSSR count). The molecule has 2 amide bonds. The van der Waals surface area contributed by atoms with E-state index >= 15 is 0 Å². The molecule has 2 aromatic heterocycles. The van der Waals surface area contributed by atoms with Crippen molar-refractivity contribution in [1.82, 2.24) is 14.7 Å². The number of fused-ring (bicyclic) bond motifs is 1. The maximum absolute atomic E-state index is 12.9. The zero-order chi connectivity index (χ0) is 20.3. The minimum Gasteiger partial charge on any atom is -0.346 e. The van der Waals surface area contributed by atoms with Gasteiger partial charge < -0.3 is 10.6 Å². The average molecular weight is 388 g/mol. The van der Waals surface area contributed by atoms with Crippen LogP contribution in [0.2, 0.25) is 0 Å². The predicted octanol–water partition coefficient (Wildman–Crippen LogP) is 3.52. The Morgan fingerprint density at radius 3 is 2.64 bits per heavy atom. The summed E-state index contributed by atoms with van der Waals surface area (Å²) in [6, 6.07) is 9.16. The van der Waals surface area contributed by atoms with Crippen LogP contribution >= 0.6 is 0 Å². The van der Waals surface area contributed by atoms with E-state index in [2.05, 4.69) is 22.2 Å². The van der Waals surface area contributed by atoms with Gasteiger partial charge in [0.25, 0.3) is 11.8 Å². The Morgan fingerprint density at radius 2 is 1.93 bits per heavy atom. The standard InChI is InChI=1S/C19H15F3N4O2/c1-2-9-23-18(28)16-25-15(14-8-3-4-10-26(14)16)17(27)24-13-7-5-6-12(11-13)19(20,21)22/h2-8,10-11H,1,9H2,(H,23,28)(H,24,27). The molecule has 2 heterocycles. The fraction of sp³-hybridized carbons (Fsp3) is 0.105. The van der Waals surface area contributed by atoms with Gasteiger partial charge in [0.15, 0.2) is 5.69 Å². The molecule has 0 atom stereocenters. The highest BCUT2D eigenvalue weighted by molar-refractivity contribution is 6.09. The van der Waals surface area contributed by atoms with Crippen molar-refractivity contribution in [2.24, 2.45) is 0 Å². The number of amides is 2. The summed E-state index contributed by atoms with van der Waals surface area (Å²) in [6.45, 7) is 3.72. The number of carbonyl (C=O) groups is 2. The topological polar surface area (TPSA) is 75.5 Å². The molecular weight excluding hydrogens is 373 g/mol. The lowest BCUT2D eigenvalue weighted by Gasteiger charge is -2.09. The SMILES string of the molecule is C=CCNC(=O)c1nc(C(=O)Nc2cccc(C(F)(F)F)c2)c2ccccn12. The molecule has 0 aliphatic carbocycles. The monoisotopic (exact) mass is 388 g/mol. The molecule has 144 valence electrons. The van der Waals surface area contributed by atoms with Crippen LogP contribution in [0.15, 0.2) is 61.3 Å². The molecule has 0 bridgehead atoms. The number of imidazole rings is 1. The molecule has 0 saturated carbocycles. The molecule has 1 aromatic carbocycles. The van der Waals surface area contributed by atoms with E-state index in [0.717, 1.165) is 12.1 Å². The van der Waals surface area contributed by atoms with E-state index in [4.69, 9.17) is 0 Å². The third-order valence-electron chi connectivity index (χ3n) is 3.82.